The van der Waals surface area contributed by atoms with Gasteiger partial charge in [0.2, 0.25) is 0 Å². The molecule has 3 heteroatoms. The van der Waals surface area contributed by atoms with Crippen molar-refractivity contribution < 1.29 is 4.39 Å². The predicted molar refractivity (Wildman–Crippen MR) is 69.7 cm³/mol. The number of fused-ring (bicyclic) bond motifs is 1. The number of aryl methyl sites for hydroxylation is 1. The molecule has 0 amide bonds. The average Bonchev–Trinajstić information content (AvgIpc) is 2.61. The molecule has 0 fully saturated rings. The van der Waals surface area contributed by atoms with Gasteiger partial charge in [-0.3, -0.25) is 0 Å². The third-order valence-corrected chi connectivity index (χ3v) is 3.13. The van der Waals surface area contributed by atoms with E-state index in [0.717, 1.165) is 29.6 Å². The number of H-pyrrole nitrogens is 1. The molecule has 0 aliphatic carbocycles. The minimum atomic E-state index is -0.180. The number of hydrogen-bond acceptors (Lipinski definition) is 1. The largest absolute Gasteiger partial charge is 0.358 e. The van der Waals surface area contributed by atoms with Crippen LogP contribution in [0, 0.1) is 12.7 Å². The van der Waals surface area contributed by atoms with Crippen LogP contribution in [0.3, 0.4) is 0 Å². The molecule has 1 heterocycles. The highest BCUT2D eigenvalue weighted by atomic mass is 19.1. The number of nitrogens with one attached hydrogen (secondary N) is 2. The monoisotopic (exact) mass is 234 g/mol. The van der Waals surface area contributed by atoms with Crippen LogP contribution in [0.2, 0.25) is 0 Å². The van der Waals surface area contributed by atoms with Crippen molar-refractivity contribution in [3.63, 3.8) is 0 Å². The molecule has 0 bridgehead atoms. The van der Waals surface area contributed by atoms with E-state index in [-0.39, 0.29) is 11.9 Å². The molecule has 0 saturated heterocycles. The zero-order chi connectivity index (χ0) is 12.4. The van der Waals surface area contributed by atoms with Crippen molar-refractivity contribution in [1.82, 2.24) is 10.3 Å². The van der Waals surface area contributed by atoms with Gasteiger partial charge < -0.3 is 10.3 Å². The Bertz CT molecular complexity index is 516. The van der Waals surface area contributed by atoms with Crippen LogP contribution in [0.1, 0.15) is 37.6 Å². The summed E-state index contributed by atoms with van der Waals surface area (Å²) in [5.41, 5.74) is 3.29. The number of benzene rings is 1. The van der Waals surface area contributed by atoms with E-state index in [4.69, 9.17) is 0 Å². The maximum atomic E-state index is 13.3. The molecule has 2 aromatic rings. The van der Waals surface area contributed by atoms with Crippen LogP contribution in [0.5, 0.6) is 0 Å². The van der Waals surface area contributed by atoms with Gasteiger partial charge in [-0.05, 0) is 50.6 Å². The molecule has 1 aromatic heterocycles. The SMILES string of the molecule is CCCNC(C)c1c(C)[nH]c2ccc(F)cc12. The number of aromatic nitrogens is 1. The molecule has 0 radical (unpaired) electrons. The second-order valence-corrected chi connectivity index (χ2v) is 4.53. The Kier molecular flexibility index (Phi) is 3.48. The van der Waals surface area contributed by atoms with Gasteiger partial charge in [-0.1, -0.05) is 6.92 Å². The van der Waals surface area contributed by atoms with E-state index in [2.05, 4.69) is 24.1 Å². The quantitative estimate of drug-likeness (QED) is 0.830. The number of rotatable bonds is 4. The van der Waals surface area contributed by atoms with Crippen molar-refractivity contribution in [2.75, 3.05) is 6.54 Å². The van der Waals surface area contributed by atoms with Gasteiger partial charge in [-0.2, -0.15) is 0 Å². The van der Waals surface area contributed by atoms with E-state index in [1.54, 1.807) is 12.1 Å². The van der Waals surface area contributed by atoms with Gasteiger partial charge in [0.05, 0.1) is 0 Å². The lowest BCUT2D eigenvalue weighted by molar-refractivity contribution is 0.571. The molecular weight excluding hydrogens is 215 g/mol. The molecule has 0 aliphatic heterocycles. The highest BCUT2D eigenvalue weighted by Gasteiger charge is 2.14. The zero-order valence-corrected chi connectivity index (χ0v) is 10.6. The maximum absolute atomic E-state index is 13.3. The van der Waals surface area contributed by atoms with Crippen molar-refractivity contribution in [3.05, 3.63) is 35.3 Å². The summed E-state index contributed by atoms with van der Waals surface area (Å²) in [7, 11) is 0. The fourth-order valence-electron chi connectivity index (χ4n) is 2.34. The maximum Gasteiger partial charge on any atom is 0.123 e. The Morgan fingerprint density at radius 3 is 2.88 bits per heavy atom. The van der Waals surface area contributed by atoms with E-state index >= 15 is 0 Å². The molecule has 0 spiro atoms. The Labute approximate surface area is 101 Å². The molecule has 92 valence electrons. The first-order valence-electron chi connectivity index (χ1n) is 6.14. The number of halogens is 1. The summed E-state index contributed by atoms with van der Waals surface area (Å²) in [5, 5.41) is 4.43. The second-order valence-electron chi connectivity index (χ2n) is 4.53. The van der Waals surface area contributed by atoms with E-state index in [1.165, 1.54) is 11.6 Å². The van der Waals surface area contributed by atoms with Crippen LogP contribution >= 0.6 is 0 Å². The molecule has 0 saturated carbocycles. The van der Waals surface area contributed by atoms with Crippen LogP contribution in [0.4, 0.5) is 4.39 Å². The zero-order valence-electron chi connectivity index (χ0n) is 10.6. The average molecular weight is 234 g/mol. The van der Waals surface area contributed by atoms with Gasteiger partial charge in [-0.25, -0.2) is 4.39 Å². The first kappa shape index (κ1) is 12.1. The molecule has 1 unspecified atom stereocenters. The van der Waals surface area contributed by atoms with E-state index in [1.807, 2.05) is 6.92 Å². The first-order valence-corrected chi connectivity index (χ1v) is 6.14. The summed E-state index contributed by atoms with van der Waals surface area (Å²) < 4.78 is 13.3. The van der Waals surface area contributed by atoms with E-state index < -0.39 is 0 Å². The highest BCUT2D eigenvalue weighted by molar-refractivity contribution is 5.85. The summed E-state index contributed by atoms with van der Waals surface area (Å²) in [4.78, 5) is 3.30. The summed E-state index contributed by atoms with van der Waals surface area (Å²) in [5.74, 6) is -0.180. The Morgan fingerprint density at radius 2 is 2.18 bits per heavy atom. The minimum absolute atomic E-state index is 0.180. The molecule has 17 heavy (non-hydrogen) atoms. The van der Waals surface area contributed by atoms with Gasteiger partial charge in [0.15, 0.2) is 0 Å². The first-order chi connectivity index (χ1) is 8.13. The van der Waals surface area contributed by atoms with Gasteiger partial charge in [0.1, 0.15) is 5.82 Å². The smallest absolute Gasteiger partial charge is 0.123 e. The lowest BCUT2D eigenvalue weighted by Crippen LogP contribution is -2.19. The molecular formula is C14H19FN2. The van der Waals surface area contributed by atoms with Crippen LogP contribution in [-0.2, 0) is 0 Å². The second kappa shape index (κ2) is 4.88. The predicted octanol–water partition coefficient (Wildman–Crippen LogP) is 3.68. The lowest BCUT2D eigenvalue weighted by Gasteiger charge is -2.13. The molecule has 0 aliphatic rings. The topological polar surface area (TPSA) is 27.8 Å². The minimum Gasteiger partial charge on any atom is -0.358 e. The summed E-state index contributed by atoms with van der Waals surface area (Å²) in [6.45, 7) is 7.28. The van der Waals surface area contributed by atoms with Crippen molar-refractivity contribution in [1.29, 1.82) is 0 Å². The van der Waals surface area contributed by atoms with Gasteiger partial charge in [0.25, 0.3) is 0 Å². The standard InChI is InChI=1S/C14H19FN2/c1-4-7-16-9(2)14-10(3)17-13-6-5-11(15)8-12(13)14/h5-6,8-9,16-17H,4,7H2,1-3H3. The Balaban J connectivity index is 2.44. The third-order valence-electron chi connectivity index (χ3n) is 3.13. The van der Waals surface area contributed by atoms with Gasteiger partial charge >= 0.3 is 0 Å². The fourth-order valence-corrected chi connectivity index (χ4v) is 2.34. The van der Waals surface area contributed by atoms with E-state index in [0.29, 0.717) is 0 Å². The van der Waals surface area contributed by atoms with Gasteiger partial charge in [0, 0.05) is 22.6 Å². The molecule has 1 aromatic carbocycles. The molecule has 2 N–H and O–H groups in total. The summed E-state index contributed by atoms with van der Waals surface area (Å²) in [6, 6.07) is 5.14. The summed E-state index contributed by atoms with van der Waals surface area (Å²) in [6.07, 6.45) is 1.10. The van der Waals surface area contributed by atoms with Crippen LogP contribution in [0.25, 0.3) is 10.9 Å². The van der Waals surface area contributed by atoms with Crippen molar-refractivity contribution >= 4 is 10.9 Å². The van der Waals surface area contributed by atoms with Crippen LogP contribution in [0.15, 0.2) is 18.2 Å². The van der Waals surface area contributed by atoms with Crippen molar-refractivity contribution in [2.24, 2.45) is 0 Å². The molecule has 2 nitrogen and oxygen atoms in total. The molecule has 1 atom stereocenters. The number of aromatic amines is 1. The summed E-state index contributed by atoms with van der Waals surface area (Å²) >= 11 is 0. The van der Waals surface area contributed by atoms with Crippen molar-refractivity contribution in [3.8, 4) is 0 Å². The lowest BCUT2D eigenvalue weighted by atomic mass is 10.0. The van der Waals surface area contributed by atoms with Crippen LogP contribution in [-0.4, -0.2) is 11.5 Å². The third kappa shape index (κ3) is 2.34. The fraction of sp³-hybridized carbons (Fsp3) is 0.429. The van der Waals surface area contributed by atoms with Gasteiger partial charge in [-0.15, -0.1) is 0 Å². The normalized spacial score (nSPS) is 13.2. The van der Waals surface area contributed by atoms with Crippen LogP contribution < -0.4 is 5.32 Å². The van der Waals surface area contributed by atoms with E-state index in [9.17, 15) is 4.39 Å². The Hall–Kier alpha value is -1.35. The van der Waals surface area contributed by atoms with Crippen molar-refractivity contribution in [2.45, 2.75) is 33.2 Å². The molecule has 2 rings (SSSR count). The Morgan fingerprint density at radius 1 is 1.41 bits per heavy atom. The number of hydrogen-bond donors (Lipinski definition) is 2. The highest BCUT2D eigenvalue weighted by Crippen LogP contribution is 2.28.